The fraction of sp³-hybridized carbons (Fsp3) is 0.125. The van der Waals surface area contributed by atoms with E-state index >= 15 is 0 Å². The summed E-state index contributed by atoms with van der Waals surface area (Å²) >= 11 is 0. The minimum Gasteiger partial charge on any atom is -0.497 e. The summed E-state index contributed by atoms with van der Waals surface area (Å²) in [6.07, 6.45) is 0. The summed E-state index contributed by atoms with van der Waals surface area (Å²) in [7, 11) is 1.42. The second-order valence-electron chi connectivity index (χ2n) is 4.86. The van der Waals surface area contributed by atoms with E-state index in [1.54, 1.807) is 12.1 Å². The molecular weight excluding hydrogens is 309 g/mol. The monoisotopic (exact) mass is 318 g/mol. The Labute approximate surface area is 129 Å². The van der Waals surface area contributed by atoms with Crippen LogP contribution >= 0.6 is 0 Å². The number of nitrogens with zero attached hydrogens (tertiary/aromatic N) is 2. The molecule has 0 aliphatic carbocycles. The van der Waals surface area contributed by atoms with Gasteiger partial charge in [-0.1, -0.05) is 6.07 Å². The topological polar surface area (TPSA) is 53.3 Å². The van der Waals surface area contributed by atoms with Crippen LogP contribution < -0.4 is 9.64 Å². The number of benzene rings is 2. The van der Waals surface area contributed by atoms with E-state index in [2.05, 4.69) is 0 Å². The number of carbonyl (C=O) groups excluding carboxylic acids is 1. The van der Waals surface area contributed by atoms with Crippen LogP contribution in [0.5, 0.6) is 5.75 Å². The Bertz CT molecular complexity index is 861. The first-order chi connectivity index (χ1) is 11.0. The SMILES string of the molecule is COc1cccc(N2C(=O)c3c(cc(F)c(F)c3F)C2C#N)c1. The number of hydrogen-bond acceptors (Lipinski definition) is 3. The van der Waals surface area contributed by atoms with E-state index in [1.807, 2.05) is 6.07 Å². The summed E-state index contributed by atoms with van der Waals surface area (Å²) < 4.78 is 45.9. The predicted molar refractivity (Wildman–Crippen MR) is 74.5 cm³/mol. The smallest absolute Gasteiger partial charge is 0.263 e. The number of nitriles is 1. The number of methoxy groups -OCH3 is 1. The Kier molecular flexibility index (Phi) is 3.45. The van der Waals surface area contributed by atoms with Crippen molar-refractivity contribution >= 4 is 11.6 Å². The lowest BCUT2D eigenvalue weighted by atomic mass is 10.0. The average Bonchev–Trinajstić information content (AvgIpc) is 2.84. The lowest BCUT2D eigenvalue weighted by Crippen LogP contribution is -2.27. The quantitative estimate of drug-likeness (QED) is 0.798. The van der Waals surface area contributed by atoms with E-state index in [9.17, 15) is 23.2 Å². The van der Waals surface area contributed by atoms with Crippen LogP contribution in [0.15, 0.2) is 30.3 Å². The van der Waals surface area contributed by atoms with Gasteiger partial charge in [0.15, 0.2) is 23.5 Å². The zero-order valence-corrected chi connectivity index (χ0v) is 11.8. The molecule has 2 aromatic rings. The summed E-state index contributed by atoms with van der Waals surface area (Å²) in [4.78, 5) is 13.4. The maximum absolute atomic E-state index is 14.0. The average molecular weight is 318 g/mol. The molecule has 0 spiro atoms. The van der Waals surface area contributed by atoms with Crippen molar-refractivity contribution in [2.75, 3.05) is 12.0 Å². The third-order valence-electron chi connectivity index (χ3n) is 3.63. The van der Waals surface area contributed by atoms with Gasteiger partial charge < -0.3 is 4.74 Å². The van der Waals surface area contributed by atoms with Crippen LogP contribution in [0.4, 0.5) is 18.9 Å². The molecule has 23 heavy (non-hydrogen) atoms. The minimum atomic E-state index is -1.73. The molecule has 0 N–H and O–H groups in total. The summed E-state index contributed by atoms with van der Waals surface area (Å²) in [5.74, 6) is -5.25. The normalized spacial score (nSPS) is 16.2. The Balaban J connectivity index is 2.20. The molecule has 1 amide bonds. The number of amides is 1. The molecule has 7 heteroatoms. The van der Waals surface area contributed by atoms with E-state index in [-0.39, 0.29) is 11.3 Å². The Morgan fingerprint density at radius 2 is 1.96 bits per heavy atom. The van der Waals surface area contributed by atoms with Crippen molar-refractivity contribution in [3.05, 3.63) is 58.9 Å². The lowest BCUT2D eigenvalue weighted by Gasteiger charge is -2.20. The highest BCUT2D eigenvalue weighted by Gasteiger charge is 2.42. The van der Waals surface area contributed by atoms with Crippen LogP contribution in [0.1, 0.15) is 22.0 Å². The van der Waals surface area contributed by atoms with E-state index in [4.69, 9.17) is 4.74 Å². The van der Waals surface area contributed by atoms with Crippen molar-refractivity contribution in [1.29, 1.82) is 5.26 Å². The number of fused-ring (bicyclic) bond motifs is 1. The van der Waals surface area contributed by atoms with Gasteiger partial charge in [-0.3, -0.25) is 9.69 Å². The standard InChI is InChI=1S/C16H9F3N2O2/c1-23-9-4-2-3-8(5-9)21-12(7-20)10-6-11(17)14(18)15(19)13(10)16(21)22/h2-6,12H,1H3. The van der Waals surface area contributed by atoms with Crippen LogP contribution in [-0.2, 0) is 0 Å². The molecular formula is C16H9F3N2O2. The summed E-state index contributed by atoms with van der Waals surface area (Å²) in [6.45, 7) is 0. The predicted octanol–water partition coefficient (Wildman–Crippen LogP) is 3.34. The van der Waals surface area contributed by atoms with Crippen molar-refractivity contribution < 1.29 is 22.7 Å². The number of ether oxygens (including phenoxy) is 1. The Hall–Kier alpha value is -3.01. The van der Waals surface area contributed by atoms with Gasteiger partial charge in [-0.2, -0.15) is 5.26 Å². The molecule has 1 aliphatic rings. The minimum absolute atomic E-state index is 0.197. The van der Waals surface area contributed by atoms with Gasteiger partial charge in [-0.15, -0.1) is 0 Å². The largest absolute Gasteiger partial charge is 0.497 e. The lowest BCUT2D eigenvalue weighted by molar-refractivity contribution is 0.0990. The van der Waals surface area contributed by atoms with Crippen LogP contribution in [0, 0.1) is 28.8 Å². The molecule has 2 aromatic carbocycles. The van der Waals surface area contributed by atoms with Crippen LogP contribution in [0.25, 0.3) is 0 Å². The molecule has 0 saturated heterocycles. The first-order valence-corrected chi connectivity index (χ1v) is 6.54. The second-order valence-corrected chi connectivity index (χ2v) is 4.86. The summed E-state index contributed by atoms with van der Waals surface area (Å²) in [6, 6.07) is 7.43. The van der Waals surface area contributed by atoms with Gasteiger partial charge in [0.25, 0.3) is 5.91 Å². The number of anilines is 1. The van der Waals surface area contributed by atoms with E-state index < -0.39 is 35.0 Å². The third-order valence-corrected chi connectivity index (χ3v) is 3.63. The van der Waals surface area contributed by atoms with Crippen molar-refractivity contribution in [2.24, 2.45) is 0 Å². The molecule has 0 aromatic heterocycles. The number of halogens is 3. The molecule has 0 saturated carbocycles. The molecule has 1 unspecified atom stereocenters. The van der Waals surface area contributed by atoms with Crippen LogP contribution in [0.2, 0.25) is 0 Å². The zero-order chi connectivity index (χ0) is 16.7. The highest BCUT2D eigenvalue weighted by atomic mass is 19.2. The van der Waals surface area contributed by atoms with Crippen molar-refractivity contribution in [3.8, 4) is 11.8 Å². The molecule has 116 valence electrons. The molecule has 3 rings (SSSR count). The van der Waals surface area contributed by atoms with Gasteiger partial charge in [-0.05, 0) is 18.2 Å². The molecule has 4 nitrogen and oxygen atoms in total. The Morgan fingerprint density at radius 3 is 2.61 bits per heavy atom. The highest BCUT2D eigenvalue weighted by molar-refractivity contribution is 6.11. The first kappa shape index (κ1) is 14.9. The van der Waals surface area contributed by atoms with Crippen molar-refractivity contribution in [1.82, 2.24) is 0 Å². The third kappa shape index (κ3) is 2.11. The molecule has 0 bridgehead atoms. The van der Waals surface area contributed by atoms with Crippen LogP contribution in [-0.4, -0.2) is 13.0 Å². The number of hydrogen-bond donors (Lipinski definition) is 0. The Morgan fingerprint density at radius 1 is 1.22 bits per heavy atom. The van der Waals surface area contributed by atoms with Gasteiger partial charge >= 0.3 is 0 Å². The second kappa shape index (κ2) is 5.32. The number of carbonyl (C=O) groups is 1. The highest BCUT2D eigenvalue weighted by Crippen LogP contribution is 2.40. The fourth-order valence-electron chi connectivity index (χ4n) is 2.58. The summed E-state index contributed by atoms with van der Waals surface area (Å²) in [5, 5.41) is 9.33. The molecule has 1 aliphatic heterocycles. The molecule has 1 atom stereocenters. The van der Waals surface area contributed by atoms with Gasteiger partial charge in [0.2, 0.25) is 0 Å². The van der Waals surface area contributed by atoms with Gasteiger partial charge in [0.05, 0.1) is 18.7 Å². The van der Waals surface area contributed by atoms with Crippen molar-refractivity contribution in [3.63, 3.8) is 0 Å². The van der Waals surface area contributed by atoms with Gasteiger partial charge in [-0.25, -0.2) is 13.2 Å². The van der Waals surface area contributed by atoms with E-state index in [0.717, 1.165) is 4.90 Å². The molecule has 1 heterocycles. The molecule has 0 radical (unpaired) electrons. The van der Waals surface area contributed by atoms with Crippen molar-refractivity contribution in [2.45, 2.75) is 6.04 Å². The zero-order valence-electron chi connectivity index (χ0n) is 11.8. The van der Waals surface area contributed by atoms with E-state index in [1.165, 1.54) is 19.2 Å². The maximum atomic E-state index is 14.0. The van der Waals surface area contributed by atoms with Gasteiger partial charge in [0.1, 0.15) is 5.75 Å². The van der Waals surface area contributed by atoms with Crippen LogP contribution in [0.3, 0.4) is 0 Å². The first-order valence-electron chi connectivity index (χ1n) is 6.54. The fourth-order valence-corrected chi connectivity index (χ4v) is 2.58. The molecule has 0 fully saturated rings. The van der Waals surface area contributed by atoms with E-state index in [0.29, 0.717) is 11.8 Å². The number of rotatable bonds is 2. The van der Waals surface area contributed by atoms with Gasteiger partial charge in [0, 0.05) is 17.3 Å². The maximum Gasteiger partial charge on any atom is 0.263 e. The summed E-state index contributed by atoms with van der Waals surface area (Å²) in [5.41, 5.74) is -0.563.